The van der Waals surface area contributed by atoms with E-state index in [4.69, 9.17) is 10.5 Å². The quantitative estimate of drug-likeness (QED) is 0.880. The highest BCUT2D eigenvalue weighted by molar-refractivity contribution is 5.84. The maximum Gasteiger partial charge on any atom is 0.410 e. The van der Waals surface area contributed by atoms with Crippen LogP contribution in [0.15, 0.2) is 18.2 Å². The van der Waals surface area contributed by atoms with E-state index in [2.05, 4.69) is 16.9 Å². The zero-order chi connectivity index (χ0) is 14.1. The van der Waals surface area contributed by atoms with Gasteiger partial charge < -0.3 is 15.5 Å². The highest BCUT2D eigenvalue weighted by Gasteiger charge is 2.26. The number of carbonyl (C=O) groups is 1. The first kappa shape index (κ1) is 13.0. The van der Waals surface area contributed by atoms with Crippen LogP contribution in [-0.4, -0.2) is 16.1 Å². The van der Waals surface area contributed by atoms with Gasteiger partial charge in [-0.3, -0.25) is 0 Å². The average Bonchev–Trinajstić information content (AvgIpc) is 2.83. The molecule has 1 heterocycles. The highest BCUT2D eigenvalue weighted by atomic mass is 16.5. The number of ether oxygens (including phenoxy) is 1. The molecule has 0 bridgehead atoms. The van der Waals surface area contributed by atoms with Gasteiger partial charge in [0.05, 0.1) is 5.52 Å². The number of fused-ring (bicyclic) bond motifs is 1. The van der Waals surface area contributed by atoms with Crippen molar-refractivity contribution in [2.24, 2.45) is 11.7 Å². The molecule has 1 aromatic carbocycles. The second-order valence-corrected chi connectivity index (χ2v) is 5.56. The molecule has 2 unspecified atom stereocenters. The van der Waals surface area contributed by atoms with Crippen LogP contribution in [0, 0.1) is 5.92 Å². The summed E-state index contributed by atoms with van der Waals surface area (Å²) in [7, 11) is 0. The van der Waals surface area contributed by atoms with Crippen molar-refractivity contribution in [1.82, 2.24) is 9.97 Å². The van der Waals surface area contributed by atoms with Crippen molar-refractivity contribution in [2.75, 3.05) is 0 Å². The molecular weight excluding hydrogens is 254 g/mol. The monoisotopic (exact) mass is 273 g/mol. The molecule has 5 heteroatoms. The molecule has 1 aliphatic carbocycles. The maximum atomic E-state index is 10.9. The summed E-state index contributed by atoms with van der Waals surface area (Å²) >= 11 is 0. The summed E-state index contributed by atoms with van der Waals surface area (Å²) in [5.74, 6) is 2.50. The maximum absolute atomic E-state index is 10.9. The topological polar surface area (TPSA) is 81.0 Å². The van der Waals surface area contributed by atoms with E-state index in [-0.39, 0.29) is 0 Å². The van der Waals surface area contributed by atoms with Crippen molar-refractivity contribution in [3.63, 3.8) is 0 Å². The Morgan fingerprint density at radius 1 is 1.40 bits per heavy atom. The number of carbonyl (C=O) groups excluding carboxylic acids is 1. The molecule has 3 N–H and O–H groups in total. The lowest BCUT2D eigenvalue weighted by atomic mass is 9.80. The lowest BCUT2D eigenvalue weighted by Crippen LogP contribution is -2.16. The van der Waals surface area contributed by atoms with E-state index in [1.165, 1.54) is 19.3 Å². The first-order valence-electron chi connectivity index (χ1n) is 7.11. The molecule has 0 spiro atoms. The molecule has 5 nitrogen and oxygen atoms in total. The number of rotatable bonds is 2. The van der Waals surface area contributed by atoms with Crippen molar-refractivity contribution in [1.29, 1.82) is 0 Å². The van der Waals surface area contributed by atoms with Crippen LogP contribution in [0.1, 0.15) is 44.3 Å². The molecule has 1 saturated carbocycles. The van der Waals surface area contributed by atoms with Gasteiger partial charge in [-0.1, -0.05) is 32.3 Å². The molecule has 106 valence electrons. The molecule has 1 fully saturated rings. The Balaban J connectivity index is 1.99. The average molecular weight is 273 g/mol. The number of aromatic amines is 1. The zero-order valence-corrected chi connectivity index (χ0v) is 11.6. The number of para-hydroxylation sites is 1. The number of hydrogen-bond acceptors (Lipinski definition) is 3. The number of imidazole rings is 1. The second-order valence-electron chi connectivity index (χ2n) is 5.56. The number of aromatic nitrogens is 2. The third kappa shape index (κ3) is 2.35. The predicted molar refractivity (Wildman–Crippen MR) is 76.7 cm³/mol. The molecule has 3 rings (SSSR count). The second kappa shape index (κ2) is 5.15. The van der Waals surface area contributed by atoms with Gasteiger partial charge in [-0.15, -0.1) is 0 Å². The van der Waals surface area contributed by atoms with Crippen LogP contribution >= 0.6 is 0 Å². The Morgan fingerprint density at radius 2 is 2.20 bits per heavy atom. The predicted octanol–water partition coefficient (Wildman–Crippen LogP) is 3.31. The van der Waals surface area contributed by atoms with Gasteiger partial charge >= 0.3 is 6.09 Å². The number of amides is 1. The van der Waals surface area contributed by atoms with Crippen molar-refractivity contribution in [3.8, 4) is 5.75 Å². The van der Waals surface area contributed by atoms with Crippen LogP contribution in [0.5, 0.6) is 5.75 Å². The van der Waals surface area contributed by atoms with Gasteiger partial charge in [0, 0.05) is 5.92 Å². The number of benzene rings is 1. The van der Waals surface area contributed by atoms with Crippen molar-refractivity contribution in [3.05, 3.63) is 24.0 Å². The minimum Gasteiger partial charge on any atom is -0.408 e. The smallest absolute Gasteiger partial charge is 0.408 e. The third-order valence-electron chi connectivity index (χ3n) is 4.17. The van der Waals surface area contributed by atoms with Crippen LogP contribution in [0.25, 0.3) is 11.0 Å². The van der Waals surface area contributed by atoms with E-state index in [1.807, 2.05) is 12.1 Å². The summed E-state index contributed by atoms with van der Waals surface area (Å²) in [4.78, 5) is 19.0. The normalized spacial score (nSPS) is 22.9. The van der Waals surface area contributed by atoms with Gasteiger partial charge in [0.25, 0.3) is 0 Å². The SMILES string of the molecule is CC1CCCCC1c1nc2c(OC(N)=O)cccc2[nH]1. The van der Waals surface area contributed by atoms with Crippen molar-refractivity contribution >= 4 is 17.1 Å². The fourth-order valence-corrected chi connectivity index (χ4v) is 3.11. The molecular formula is C15H19N3O2. The van der Waals surface area contributed by atoms with Crippen LogP contribution in [0.4, 0.5) is 4.79 Å². The number of primary amides is 1. The van der Waals surface area contributed by atoms with Crippen LogP contribution in [0.2, 0.25) is 0 Å². The largest absolute Gasteiger partial charge is 0.410 e. The van der Waals surface area contributed by atoms with E-state index in [1.54, 1.807) is 6.07 Å². The molecule has 2 atom stereocenters. The van der Waals surface area contributed by atoms with Gasteiger partial charge in [-0.25, -0.2) is 9.78 Å². The lowest BCUT2D eigenvalue weighted by molar-refractivity contribution is 0.211. The number of nitrogens with one attached hydrogen (secondary N) is 1. The molecule has 0 radical (unpaired) electrons. The Kier molecular flexibility index (Phi) is 3.34. The Hall–Kier alpha value is -2.04. The summed E-state index contributed by atoms with van der Waals surface area (Å²) in [6.45, 7) is 2.28. The number of nitrogens with two attached hydrogens (primary N) is 1. The molecule has 2 aromatic rings. The van der Waals surface area contributed by atoms with E-state index in [9.17, 15) is 4.79 Å². The summed E-state index contributed by atoms with van der Waals surface area (Å²) < 4.78 is 5.01. The third-order valence-corrected chi connectivity index (χ3v) is 4.17. The van der Waals surface area contributed by atoms with E-state index in [0.717, 1.165) is 17.8 Å². The molecule has 1 aromatic heterocycles. The van der Waals surface area contributed by atoms with E-state index >= 15 is 0 Å². The summed E-state index contributed by atoms with van der Waals surface area (Å²) in [5, 5.41) is 0. The first-order chi connectivity index (χ1) is 9.65. The molecule has 20 heavy (non-hydrogen) atoms. The Labute approximate surface area is 117 Å². The first-order valence-corrected chi connectivity index (χ1v) is 7.11. The number of nitrogens with zero attached hydrogens (tertiary/aromatic N) is 1. The van der Waals surface area contributed by atoms with Crippen molar-refractivity contribution in [2.45, 2.75) is 38.5 Å². The molecule has 1 amide bonds. The van der Waals surface area contributed by atoms with Crippen LogP contribution in [0.3, 0.4) is 0 Å². The molecule has 0 aliphatic heterocycles. The molecule has 1 aliphatic rings. The highest BCUT2D eigenvalue weighted by Crippen LogP contribution is 2.37. The Bertz CT molecular complexity index is 635. The zero-order valence-electron chi connectivity index (χ0n) is 11.6. The minimum atomic E-state index is -0.812. The number of hydrogen-bond donors (Lipinski definition) is 2. The van der Waals surface area contributed by atoms with Gasteiger partial charge in [-0.05, 0) is 24.5 Å². The van der Waals surface area contributed by atoms with Gasteiger partial charge in [-0.2, -0.15) is 0 Å². The fraction of sp³-hybridized carbons (Fsp3) is 0.467. The lowest BCUT2D eigenvalue weighted by Gasteiger charge is -2.26. The van der Waals surface area contributed by atoms with Crippen LogP contribution in [-0.2, 0) is 0 Å². The van der Waals surface area contributed by atoms with Crippen molar-refractivity contribution < 1.29 is 9.53 Å². The minimum absolute atomic E-state index is 0.418. The van der Waals surface area contributed by atoms with E-state index in [0.29, 0.717) is 23.1 Å². The summed E-state index contributed by atoms with van der Waals surface area (Å²) in [5.41, 5.74) is 6.65. The molecule has 0 saturated heterocycles. The van der Waals surface area contributed by atoms with Gasteiger partial charge in [0.2, 0.25) is 0 Å². The van der Waals surface area contributed by atoms with Gasteiger partial charge in [0.15, 0.2) is 5.75 Å². The summed E-state index contributed by atoms with van der Waals surface area (Å²) in [6, 6.07) is 5.47. The summed E-state index contributed by atoms with van der Waals surface area (Å²) in [6.07, 6.45) is 4.14. The standard InChI is InChI=1S/C15H19N3O2/c1-9-5-2-3-6-10(9)14-17-11-7-4-8-12(13(11)18-14)20-15(16)19/h4,7-10H,2-3,5-6H2,1H3,(H2,16,19)(H,17,18). The Morgan fingerprint density at radius 3 is 2.95 bits per heavy atom. The number of H-pyrrole nitrogens is 1. The van der Waals surface area contributed by atoms with E-state index < -0.39 is 6.09 Å². The van der Waals surface area contributed by atoms with Crippen LogP contribution < -0.4 is 10.5 Å². The van der Waals surface area contributed by atoms with Gasteiger partial charge in [0.1, 0.15) is 11.3 Å². The fourth-order valence-electron chi connectivity index (χ4n) is 3.11.